The van der Waals surface area contributed by atoms with Gasteiger partial charge in [-0.2, -0.15) is 0 Å². The van der Waals surface area contributed by atoms with Gasteiger partial charge in [0.25, 0.3) is 0 Å². The smallest absolute Gasteiger partial charge is 0.239 e. The van der Waals surface area contributed by atoms with E-state index >= 15 is 0 Å². The average molecular weight is 362 g/mol. The molecule has 1 heterocycles. The summed E-state index contributed by atoms with van der Waals surface area (Å²) in [5.41, 5.74) is 7.20. The van der Waals surface area contributed by atoms with Gasteiger partial charge < -0.3 is 10.6 Å². The van der Waals surface area contributed by atoms with E-state index in [2.05, 4.69) is 11.8 Å². The Morgan fingerprint density at radius 2 is 2.00 bits per heavy atom. The second-order valence-electron chi connectivity index (χ2n) is 5.94. The molecule has 0 radical (unpaired) electrons. The minimum absolute atomic E-state index is 0. The van der Waals surface area contributed by atoms with Gasteiger partial charge in [0.2, 0.25) is 5.91 Å². The molecule has 0 bridgehead atoms. The lowest BCUT2D eigenvalue weighted by molar-refractivity contribution is -0.131. The number of carbonyl (C=O) groups excluding carboxylic acids is 1. The second-order valence-corrected chi connectivity index (χ2v) is 5.94. The molecule has 0 aliphatic carbocycles. The maximum atomic E-state index is 12.4. The summed E-state index contributed by atoms with van der Waals surface area (Å²) >= 11 is 0. The van der Waals surface area contributed by atoms with Crippen LogP contribution in [0.3, 0.4) is 0 Å². The number of halogens is 2. The van der Waals surface area contributed by atoms with Crippen molar-refractivity contribution in [1.29, 1.82) is 0 Å². The van der Waals surface area contributed by atoms with Crippen LogP contribution in [-0.4, -0.2) is 54.5 Å². The fourth-order valence-corrected chi connectivity index (χ4v) is 3.16. The maximum Gasteiger partial charge on any atom is 0.239 e. The van der Waals surface area contributed by atoms with E-state index in [1.807, 2.05) is 42.3 Å². The monoisotopic (exact) mass is 361 g/mol. The molecule has 4 nitrogen and oxygen atoms in total. The van der Waals surface area contributed by atoms with Crippen LogP contribution >= 0.6 is 24.8 Å². The van der Waals surface area contributed by atoms with Gasteiger partial charge in [-0.05, 0) is 37.9 Å². The molecule has 23 heavy (non-hydrogen) atoms. The Labute approximate surface area is 152 Å². The standard InChI is InChI=1S/C17H27N3O.2ClH/c1-3-20-11-7-10-15(20)13-19(2)17(21)16(18)12-14-8-5-4-6-9-14;;/h4-6,8-9,15-16H,3,7,10-13,18H2,1-2H3;2*1H. The molecule has 1 aromatic rings. The Morgan fingerprint density at radius 3 is 2.61 bits per heavy atom. The summed E-state index contributed by atoms with van der Waals surface area (Å²) in [5, 5.41) is 0. The number of hydrogen-bond acceptors (Lipinski definition) is 3. The molecule has 1 aliphatic heterocycles. The maximum absolute atomic E-state index is 12.4. The van der Waals surface area contributed by atoms with Crippen molar-refractivity contribution < 1.29 is 4.79 Å². The summed E-state index contributed by atoms with van der Waals surface area (Å²) in [6.07, 6.45) is 3.02. The third-order valence-corrected chi connectivity index (χ3v) is 4.38. The lowest BCUT2D eigenvalue weighted by Crippen LogP contribution is -2.47. The van der Waals surface area contributed by atoms with Gasteiger partial charge in [0.05, 0.1) is 6.04 Å². The van der Waals surface area contributed by atoms with E-state index in [1.165, 1.54) is 12.8 Å². The van der Waals surface area contributed by atoms with E-state index in [0.717, 1.165) is 25.2 Å². The van der Waals surface area contributed by atoms with Crippen LogP contribution in [0.2, 0.25) is 0 Å². The van der Waals surface area contributed by atoms with Crippen molar-refractivity contribution in [3.8, 4) is 0 Å². The Hall–Kier alpha value is -0.810. The first-order valence-corrected chi connectivity index (χ1v) is 7.90. The molecule has 1 aliphatic rings. The quantitative estimate of drug-likeness (QED) is 0.845. The summed E-state index contributed by atoms with van der Waals surface area (Å²) in [4.78, 5) is 16.7. The highest BCUT2D eigenvalue weighted by atomic mass is 35.5. The first-order chi connectivity index (χ1) is 10.1. The van der Waals surface area contributed by atoms with Crippen molar-refractivity contribution in [3.05, 3.63) is 35.9 Å². The van der Waals surface area contributed by atoms with E-state index in [1.54, 1.807) is 0 Å². The van der Waals surface area contributed by atoms with E-state index in [-0.39, 0.29) is 30.7 Å². The molecular weight excluding hydrogens is 333 g/mol. The van der Waals surface area contributed by atoms with Gasteiger partial charge in [-0.25, -0.2) is 0 Å². The van der Waals surface area contributed by atoms with Crippen LogP contribution in [0.25, 0.3) is 0 Å². The van der Waals surface area contributed by atoms with Crippen molar-refractivity contribution in [2.45, 2.75) is 38.3 Å². The normalized spacial score (nSPS) is 18.7. The summed E-state index contributed by atoms with van der Waals surface area (Å²) in [7, 11) is 1.87. The summed E-state index contributed by atoms with van der Waals surface area (Å²) in [5.74, 6) is 0.0433. The second kappa shape index (κ2) is 10.9. The molecule has 2 rings (SSSR count). The first kappa shape index (κ1) is 22.2. The van der Waals surface area contributed by atoms with Gasteiger partial charge >= 0.3 is 0 Å². The van der Waals surface area contributed by atoms with Gasteiger partial charge in [0.1, 0.15) is 0 Å². The minimum atomic E-state index is -0.450. The Balaban J connectivity index is 0.00000242. The van der Waals surface area contributed by atoms with E-state index < -0.39 is 6.04 Å². The number of nitrogens with two attached hydrogens (primary N) is 1. The average Bonchev–Trinajstić information content (AvgIpc) is 2.94. The van der Waals surface area contributed by atoms with Crippen LogP contribution in [0.15, 0.2) is 30.3 Å². The number of hydrogen-bond donors (Lipinski definition) is 1. The van der Waals surface area contributed by atoms with Gasteiger partial charge in [0.15, 0.2) is 0 Å². The van der Waals surface area contributed by atoms with E-state index in [4.69, 9.17) is 5.73 Å². The zero-order valence-electron chi connectivity index (χ0n) is 14.0. The number of rotatable bonds is 6. The molecule has 0 spiro atoms. The zero-order valence-corrected chi connectivity index (χ0v) is 15.6. The van der Waals surface area contributed by atoms with Crippen LogP contribution in [0, 0.1) is 0 Å². The molecule has 2 atom stereocenters. The Bertz CT molecular complexity index is 458. The molecule has 6 heteroatoms. The number of nitrogens with zero attached hydrogens (tertiary/aromatic N) is 2. The minimum Gasteiger partial charge on any atom is -0.343 e. The van der Waals surface area contributed by atoms with Gasteiger partial charge in [0, 0.05) is 19.6 Å². The first-order valence-electron chi connectivity index (χ1n) is 7.90. The van der Waals surface area contributed by atoms with Crippen LogP contribution in [0.4, 0.5) is 0 Å². The third kappa shape index (κ3) is 6.30. The molecule has 1 amide bonds. The molecular formula is C17H29Cl2N3O. The van der Waals surface area contributed by atoms with Gasteiger partial charge in [-0.3, -0.25) is 9.69 Å². The number of amides is 1. The van der Waals surface area contributed by atoms with Crippen LogP contribution in [0.1, 0.15) is 25.3 Å². The van der Waals surface area contributed by atoms with E-state index in [0.29, 0.717) is 12.5 Å². The fraction of sp³-hybridized carbons (Fsp3) is 0.588. The summed E-state index contributed by atoms with van der Waals surface area (Å²) in [6, 6.07) is 10.0. The topological polar surface area (TPSA) is 49.6 Å². The number of likely N-dealkylation sites (tertiary alicyclic amines) is 1. The highest BCUT2D eigenvalue weighted by molar-refractivity contribution is 5.85. The SMILES string of the molecule is CCN1CCCC1CN(C)C(=O)C(N)Cc1ccccc1.Cl.Cl. The molecule has 1 saturated heterocycles. The fourth-order valence-electron chi connectivity index (χ4n) is 3.16. The van der Waals surface area contributed by atoms with Crippen molar-refractivity contribution in [3.63, 3.8) is 0 Å². The van der Waals surface area contributed by atoms with E-state index in [9.17, 15) is 4.79 Å². The highest BCUT2D eigenvalue weighted by Gasteiger charge is 2.27. The molecule has 132 valence electrons. The third-order valence-electron chi connectivity index (χ3n) is 4.38. The predicted molar refractivity (Wildman–Crippen MR) is 101 cm³/mol. The number of carbonyl (C=O) groups is 1. The van der Waals surface area contributed by atoms with Crippen molar-refractivity contribution in [2.24, 2.45) is 5.73 Å². The number of benzene rings is 1. The molecule has 0 aromatic heterocycles. The summed E-state index contributed by atoms with van der Waals surface area (Å²) < 4.78 is 0. The van der Waals surface area contributed by atoms with Crippen LogP contribution < -0.4 is 5.73 Å². The predicted octanol–water partition coefficient (Wildman–Crippen LogP) is 2.34. The van der Waals surface area contributed by atoms with Crippen LogP contribution in [-0.2, 0) is 11.2 Å². The number of likely N-dealkylation sites (N-methyl/N-ethyl adjacent to an activating group) is 2. The largest absolute Gasteiger partial charge is 0.343 e. The lowest BCUT2D eigenvalue weighted by atomic mass is 10.1. The van der Waals surface area contributed by atoms with Gasteiger partial charge in [-0.1, -0.05) is 37.3 Å². The molecule has 2 N–H and O–H groups in total. The molecule has 1 fully saturated rings. The zero-order chi connectivity index (χ0) is 15.2. The summed E-state index contributed by atoms with van der Waals surface area (Å²) in [6.45, 7) is 5.18. The van der Waals surface area contributed by atoms with Crippen molar-refractivity contribution in [2.75, 3.05) is 26.7 Å². The van der Waals surface area contributed by atoms with Gasteiger partial charge in [-0.15, -0.1) is 24.8 Å². The van der Waals surface area contributed by atoms with Crippen molar-refractivity contribution in [1.82, 2.24) is 9.80 Å². The lowest BCUT2D eigenvalue weighted by Gasteiger charge is -2.29. The molecule has 0 saturated carbocycles. The Kier molecular flexibility index (Phi) is 10.5. The molecule has 2 unspecified atom stereocenters. The van der Waals surface area contributed by atoms with Crippen LogP contribution in [0.5, 0.6) is 0 Å². The molecule has 1 aromatic carbocycles. The Morgan fingerprint density at radius 1 is 1.35 bits per heavy atom. The highest BCUT2D eigenvalue weighted by Crippen LogP contribution is 2.17. The van der Waals surface area contributed by atoms with Crippen molar-refractivity contribution >= 4 is 30.7 Å².